The van der Waals surface area contributed by atoms with Crippen molar-refractivity contribution in [1.29, 1.82) is 0 Å². The molecule has 1 saturated heterocycles. The number of carbonyl (C=O) groups is 1. The molecule has 0 unspecified atom stereocenters. The van der Waals surface area contributed by atoms with E-state index < -0.39 is 0 Å². The Labute approximate surface area is 203 Å². The summed E-state index contributed by atoms with van der Waals surface area (Å²) in [5.41, 5.74) is 0.940. The Hall–Kier alpha value is -1.38. The summed E-state index contributed by atoms with van der Waals surface area (Å²) < 4.78 is 6.47. The Morgan fingerprint density at radius 1 is 1.12 bits per heavy atom. The van der Waals surface area contributed by atoms with Crippen LogP contribution in [0, 0.1) is 5.92 Å². The van der Waals surface area contributed by atoms with Crippen molar-refractivity contribution < 1.29 is 9.32 Å². The molecule has 2 aliphatic rings. The van der Waals surface area contributed by atoms with E-state index in [1.54, 1.807) is 0 Å². The third kappa shape index (κ3) is 7.06. The number of thioether (sulfide) groups is 1. The van der Waals surface area contributed by atoms with Crippen LogP contribution in [0.4, 0.5) is 0 Å². The van der Waals surface area contributed by atoms with Gasteiger partial charge in [0.1, 0.15) is 0 Å². The average molecular weight is 522 g/mol. The van der Waals surface area contributed by atoms with E-state index in [-0.39, 0.29) is 11.8 Å². The summed E-state index contributed by atoms with van der Waals surface area (Å²) in [4.78, 5) is 19.4. The zero-order chi connectivity index (χ0) is 22.2. The van der Waals surface area contributed by atoms with E-state index in [1.165, 1.54) is 32.1 Å². The minimum Gasteiger partial charge on any atom is -0.356 e. The summed E-state index contributed by atoms with van der Waals surface area (Å²) in [5, 5.41) is 8.13. The van der Waals surface area contributed by atoms with Gasteiger partial charge in [-0.2, -0.15) is 16.7 Å². The smallest absolute Gasteiger partial charge is 0.241 e. The molecule has 1 N–H and O–H groups in total. The maximum atomic E-state index is 12.5. The number of hydrogen-bond acceptors (Lipinski definition) is 6. The van der Waals surface area contributed by atoms with Gasteiger partial charge >= 0.3 is 0 Å². The minimum atomic E-state index is 0.123. The van der Waals surface area contributed by atoms with Gasteiger partial charge in [0.25, 0.3) is 0 Å². The van der Waals surface area contributed by atoms with Crippen molar-refractivity contribution in [3.8, 4) is 11.4 Å². The largest absolute Gasteiger partial charge is 0.356 e. The molecule has 32 heavy (non-hydrogen) atoms. The number of hydrogen-bond donors (Lipinski definition) is 1. The molecule has 1 aliphatic heterocycles. The number of likely N-dealkylation sites (tertiary alicyclic amines) is 1. The van der Waals surface area contributed by atoms with Crippen molar-refractivity contribution >= 4 is 33.6 Å². The molecule has 1 saturated carbocycles. The molecule has 0 bridgehead atoms. The Bertz CT molecular complexity index is 846. The van der Waals surface area contributed by atoms with Crippen LogP contribution in [0.5, 0.6) is 0 Å². The number of aromatic nitrogens is 2. The molecule has 2 fully saturated rings. The third-order valence-electron chi connectivity index (χ3n) is 6.41. The first kappa shape index (κ1) is 23.8. The van der Waals surface area contributed by atoms with E-state index in [9.17, 15) is 4.79 Å². The van der Waals surface area contributed by atoms with E-state index in [0.717, 1.165) is 59.9 Å². The first-order chi connectivity index (χ1) is 15.7. The fraction of sp³-hybridized carbons (Fsp3) is 0.625. The Morgan fingerprint density at radius 2 is 1.88 bits per heavy atom. The fourth-order valence-corrected chi connectivity index (χ4v) is 6.07. The van der Waals surface area contributed by atoms with Gasteiger partial charge in [0.2, 0.25) is 17.6 Å². The van der Waals surface area contributed by atoms with Gasteiger partial charge in [-0.15, -0.1) is 0 Å². The van der Waals surface area contributed by atoms with Crippen LogP contribution in [0.2, 0.25) is 0 Å². The summed E-state index contributed by atoms with van der Waals surface area (Å²) in [5.74, 6) is 2.75. The molecule has 174 valence electrons. The van der Waals surface area contributed by atoms with E-state index in [1.807, 2.05) is 24.3 Å². The lowest BCUT2D eigenvalue weighted by molar-refractivity contribution is -0.126. The van der Waals surface area contributed by atoms with Crippen molar-refractivity contribution in [1.82, 2.24) is 20.4 Å². The van der Waals surface area contributed by atoms with Gasteiger partial charge in [-0.1, -0.05) is 40.3 Å². The van der Waals surface area contributed by atoms with Crippen LogP contribution in [0.1, 0.15) is 57.3 Å². The number of carbonyl (C=O) groups excluding carboxylic acids is 1. The summed E-state index contributed by atoms with van der Waals surface area (Å²) in [6.07, 6.45) is 9.80. The summed E-state index contributed by atoms with van der Waals surface area (Å²) in [6, 6.07) is 7.88. The number of nitrogens with zero attached hydrogens (tertiary/aromatic N) is 3. The number of amides is 1. The van der Waals surface area contributed by atoms with Gasteiger partial charge in [-0.3, -0.25) is 9.69 Å². The third-order valence-corrected chi connectivity index (χ3v) is 8.41. The lowest BCUT2D eigenvalue weighted by Gasteiger charge is -2.30. The summed E-state index contributed by atoms with van der Waals surface area (Å²) in [7, 11) is 0. The van der Waals surface area contributed by atoms with Gasteiger partial charge in [0.05, 0.1) is 6.54 Å². The zero-order valence-electron chi connectivity index (χ0n) is 18.6. The molecule has 6 nitrogen and oxygen atoms in total. The number of halogens is 1. The van der Waals surface area contributed by atoms with Gasteiger partial charge in [-0.05, 0) is 75.2 Å². The Kier molecular flexibility index (Phi) is 9.05. The van der Waals surface area contributed by atoms with Crippen LogP contribution in [-0.2, 0) is 11.3 Å². The highest BCUT2D eigenvalue weighted by Gasteiger charge is 2.26. The SMILES string of the molecule is O=C(NCCCSC1CCCCC1)C1CCN(Cc2nc(-c3ccc(Br)cc3)no2)CC1. The quantitative estimate of drug-likeness (QED) is 0.453. The van der Waals surface area contributed by atoms with Crippen LogP contribution in [-0.4, -0.2) is 51.6 Å². The van der Waals surface area contributed by atoms with Crippen LogP contribution < -0.4 is 5.32 Å². The predicted octanol–water partition coefficient (Wildman–Crippen LogP) is 5.28. The van der Waals surface area contributed by atoms with E-state index >= 15 is 0 Å². The molecule has 0 radical (unpaired) electrons. The van der Waals surface area contributed by atoms with Crippen molar-refractivity contribution in [3.63, 3.8) is 0 Å². The minimum absolute atomic E-state index is 0.123. The number of piperidine rings is 1. The van der Waals surface area contributed by atoms with Crippen LogP contribution in [0.25, 0.3) is 11.4 Å². The summed E-state index contributed by atoms with van der Waals surface area (Å²) >= 11 is 5.55. The molecule has 1 amide bonds. The van der Waals surface area contributed by atoms with Crippen molar-refractivity contribution in [3.05, 3.63) is 34.6 Å². The fourth-order valence-electron chi connectivity index (χ4n) is 4.49. The maximum Gasteiger partial charge on any atom is 0.241 e. The Morgan fingerprint density at radius 3 is 2.62 bits per heavy atom. The van der Waals surface area contributed by atoms with Crippen LogP contribution in [0.15, 0.2) is 33.3 Å². The first-order valence-electron chi connectivity index (χ1n) is 11.9. The normalized spacial score (nSPS) is 18.7. The molecule has 0 spiro atoms. The lowest BCUT2D eigenvalue weighted by atomic mass is 9.96. The molecular formula is C24H33BrN4O2S. The van der Waals surface area contributed by atoms with Gasteiger partial charge in [0, 0.05) is 27.7 Å². The summed E-state index contributed by atoms with van der Waals surface area (Å²) in [6.45, 7) is 3.20. The van der Waals surface area contributed by atoms with E-state index in [2.05, 4.69) is 48.0 Å². The standard InChI is InChI=1S/C24H33BrN4O2S/c25-20-9-7-18(8-10-20)23-27-22(31-28-23)17-29-14-11-19(12-15-29)24(30)26-13-4-16-32-21-5-2-1-3-6-21/h7-10,19,21H,1-6,11-17H2,(H,26,30). The molecule has 8 heteroatoms. The van der Waals surface area contributed by atoms with E-state index in [0.29, 0.717) is 18.3 Å². The molecule has 1 aliphatic carbocycles. The second kappa shape index (κ2) is 12.2. The predicted molar refractivity (Wildman–Crippen MR) is 132 cm³/mol. The zero-order valence-corrected chi connectivity index (χ0v) is 21.0. The number of benzene rings is 1. The highest BCUT2D eigenvalue weighted by atomic mass is 79.9. The van der Waals surface area contributed by atoms with Crippen molar-refractivity contribution in [2.45, 2.75) is 63.2 Å². The van der Waals surface area contributed by atoms with Gasteiger partial charge < -0.3 is 9.84 Å². The molecule has 0 atom stereocenters. The van der Waals surface area contributed by atoms with Gasteiger partial charge in [0.15, 0.2) is 0 Å². The molecule has 1 aromatic carbocycles. The number of nitrogens with one attached hydrogen (secondary N) is 1. The molecule has 4 rings (SSSR count). The van der Waals surface area contributed by atoms with Crippen molar-refractivity contribution in [2.75, 3.05) is 25.4 Å². The highest BCUT2D eigenvalue weighted by molar-refractivity contribution is 9.10. The maximum absolute atomic E-state index is 12.5. The first-order valence-corrected chi connectivity index (χ1v) is 13.7. The molecule has 2 aromatic rings. The highest BCUT2D eigenvalue weighted by Crippen LogP contribution is 2.28. The van der Waals surface area contributed by atoms with Crippen LogP contribution in [0.3, 0.4) is 0 Å². The molecular weight excluding hydrogens is 488 g/mol. The van der Waals surface area contributed by atoms with Gasteiger partial charge in [-0.25, -0.2) is 0 Å². The molecule has 2 heterocycles. The van der Waals surface area contributed by atoms with E-state index in [4.69, 9.17) is 4.52 Å². The average Bonchev–Trinajstić information content (AvgIpc) is 3.29. The number of rotatable bonds is 9. The topological polar surface area (TPSA) is 71.3 Å². The monoisotopic (exact) mass is 520 g/mol. The van der Waals surface area contributed by atoms with Crippen LogP contribution >= 0.6 is 27.7 Å². The second-order valence-electron chi connectivity index (χ2n) is 8.84. The second-order valence-corrected chi connectivity index (χ2v) is 11.2. The lowest BCUT2D eigenvalue weighted by Crippen LogP contribution is -2.40. The Balaban J connectivity index is 1.12. The van der Waals surface area contributed by atoms with Crippen molar-refractivity contribution in [2.24, 2.45) is 5.92 Å². The molecule has 1 aromatic heterocycles.